The van der Waals surface area contributed by atoms with Crippen molar-refractivity contribution in [2.75, 3.05) is 6.54 Å². The number of rotatable bonds is 8. The first kappa shape index (κ1) is 13.0. The van der Waals surface area contributed by atoms with Crippen LogP contribution in [0.5, 0.6) is 0 Å². The van der Waals surface area contributed by atoms with E-state index in [4.69, 9.17) is 5.11 Å². The predicted octanol–water partition coefficient (Wildman–Crippen LogP) is 1.79. The van der Waals surface area contributed by atoms with Crippen LogP contribution in [0.3, 0.4) is 0 Å². The molecule has 0 spiro atoms. The van der Waals surface area contributed by atoms with Crippen LogP contribution in [0.25, 0.3) is 0 Å². The van der Waals surface area contributed by atoms with Crippen molar-refractivity contribution < 1.29 is 14.7 Å². The van der Waals surface area contributed by atoms with Crippen LogP contribution in [0.1, 0.15) is 45.4 Å². The van der Waals surface area contributed by atoms with Gasteiger partial charge in [-0.1, -0.05) is 26.2 Å². The molecule has 0 aromatic heterocycles. The van der Waals surface area contributed by atoms with Crippen LogP contribution in [0.2, 0.25) is 0 Å². The lowest BCUT2D eigenvalue weighted by atomic mass is 10.0. The molecule has 1 fully saturated rings. The highest BCUT2D eigenvalue weighted by molar-refractivity contribution is 5.77. The minimum atomic E-state index is -0.815. The van der Waals surface area contributed by atoms with Gasteiger partial charge in [0.25, 0.3) is 0 Å². The van der Waals surface area contributed by atoms with E-state index in [1.54, 1.807) is 0 Å². The average molecular weight is 227 g/mol. The van der Waals surface area contributed by atoms with E-state index in [0.29, 0.717) is 12.8 Å². The Bertz CT molecular complexity index is 249. The average Bonchev–Trinajstić information content (AvgIpc) is 3.04. The van der Waals surface area contributed by atoms with Crippen LogP contribution < -0.4 is 5.32 Å². The van der Waals surface area contributed by atoms with Gasteiger partial charge in [-0.3, -0.25) is 9.59 Å². The van der Waals surface area contributed by atoms with Crippen molar-refractivity contribution in [2.45, 2.75) is 45.4 Å². The van der Waals surface area contributed by atoms with Crippen molar-refractivity contribution in [2.24, 2.45) is 11.8 Å². The molecule has 2 N–H and O–H groups in total. The molecule has 1 saturated carbocycles. The third kappa shape index (κ3) is 5.14. The maximum absolute atomic E-state index is 11.4. The van der Waals surface area contributed by atoms with E-state index in [1.807, 2.05) is 6.92 Å². The van der Waals surface area contributed by atoms with Crippen molar-refractivity contribution >= 4 is 11.9 Å². The number of amides is 1. The molecular formula is C12H21NO3. The second kappa shape index (κ2) is 6.51. The highest BCUT2D eigenvalue weighted by atomic mass is 16.4. The normalized spacial score (nSPS) is 16.8. The SMILES string of the molecule is CCCC(CNC(=O)CCC1CC1)C(=O)O. The van der Waals surface area contributed by atoms with Crippen molar-refractivity contribution in [1.29, 1.82) is 0 Å². The lowest BCUT2D eigenvalue weighted by Gasteiger charge is -2.12. The minimum Gasteiger partial charge on any atom is -0.481 e. The maximum atomic E-state index is 11.4. The van der Waals surface area contributed by atoms with Crippen molar-refractivity contribution in [1.82, 2.24) is 5.32 Å². The number of nitrogens with one attached hydrogen (secondary N) is 1. The number of aliphatic carboxylic acids is 1. The zero-order chi connectivity index (χ0) is 12.0. The summed E-state index contributed by atoms with van der Waals surface area (Å²) in [6.07, 6.45) is 5.45. The number of carboxylic acid groups (broad SMARTS) is 1. The summed E-state index contributed by atoms with van der Waals surface area (Å²) in [5, 5.41) is 11.6. The number of carbonyl (C=O) groups is 2. The largest absolute Gasteiger partial charge is 0.481 e. The Hall–Kier alpha value is -1.06. The van der Waals surface area contributed by atoms with Crippen molar-refractivity contribution in [3.05, 3.63) is 0 Å². The van der Waals surface area contributed by atoms with Gasteiger partial charge in [0.05, 0.1) is 5.92 Å². The maximum Gasteiger partial charge on any atom is 0.308 e. The van der Waals surface area contributed by atoms with Gasteiger partial charge >= 0.3 is 5.97 Å². The molecule has 0 aromatic rings. The first-order valence-corrected chi connectivity index (χ1v) is 6.13. The predicted molar refractivity (Wildman–Crippen MR) is 61.0 cm³/mol. The van der Waals surface area contributed by atoms with Gasteiger partial charge in [-0.15, -0.1) is 0 Å². The first-order chi connectivity index (χ1) is 7.63. The van der Waals surface area contributed by atoms with Crippen LogP contribution in [0.4, 0.5) is 0 Å². The van der Waals surface area contributed by atoms with Crippen LogP contribution in [-0.2, 0) is 9.59 Å². The molecule has 1 aliphatic rings. The smallest absolute Gasteiger partial charge is 0.308 e. The van der Waals surface area contributed by atoms with Crippen molar-refractivity contribution in [3.63, 3.8) is 0 Å². The summed E-state index contributed by atoms with van der Waals surface area (Å²) in [6, 6.07) is 0. The Kier molecular flexibility index (Phi) is 5.29. The van der Waals surface area contributed by atoms with Crippen LogP contribution in [-0.4, -0.2) is 23.5 Å². The zero-order valence-corrected chi connectivity index (χ0v) is 9.87. The number of carbonyl (C=O) groups excluding carboxylic acids is 1. The molecule has 0 radical (unpaired) electrons. The quantitative estimate of drug-likeness (QED) is 0.664. The Morgan fingerprint density at radius 2 is 2.12 bits per heavy atom. The standard InChI is InChI=1S/C12H21NO3/c1-2-3-10(12(15)16)8-13-11(14)7-6-9-4-5-9/h9-10H,2-8H2,1H3,(H,13,14)(H,15,16). The summed E-state index contributed by atoms with van der Waals surface area (Å²) >= 11 is 0. The molecule has 0 heterocycles. The third-order valence-corrected chi connectivity index (χ3v) is 3.01. The van der Waals surface area contributed by atoms with E-state index in [9.17, 15) is 9.59 Å². The molecular weight excluding hydrogens is 206 g/mol. The van der Waals surface area contributed by atoms with E-state index < -0.39 is 11.9 Å². The first-order valence-electron chi connectivity index (χ1n) is 6.13. The molecule has 16 heavy (non-hydrogen) atoms. The molecule has 1 amide bonds. The fraction of sp³-hybridized carbons (Fsp3) is 0.833. The molecule has 4 nitrogen and oxygen atoms in total. The Balaban J connectivity index is 2.13. The summed E-state index contributed by atoms with van der Waals surface area (Å²) in [5.41, 5.74) is 0. The highest BCUT2D eigenvalue weighted by Crippen LogP contribution is 2.33. The fourth-order valence-corrected chi connectivity index (χ4v) is 1.73. The Labute approximate surface area is 96.4 Å². The molecule has 4 heteroatoms. The molecule has 1 rings (SSSR count). The van der Waals surface area contributed by atoms with E-state index in [0.717, 1.165) is 18.8 Å². The summed E-state index contributed by atoms with van der Waals surface area (Å²) in [5.74, 6) is -0.509. The molecule has 1 unspecified atom stereocenters. The second-order valence-electron chi connectivity index (χ2n) is 4.61. The topological polar surface area (TPSA) is 66.4 Å². The molecule has 0 aliphatic heterocycles. The molecule has 1 atom stereocenters. The van der Waals surface area contributed by atoms with Gasteiger partial charge in [-0.2, -0.15) is 0 Å². The number of hydrogen-bond donors (Lipinski definition) is 2. The highest BCUT2D eigenvalue weighted by Gasteiger charge is 2.22. The van der Waals surface area contributed by atoms with Gasteiger partial charge < -0.3 is 10.4 Å². The summed E-state index contributed by atoms with van der Waals surface area (Å²) in [6.45, 7) is 2.22. The van der Waals surface area contributed by atoms with E-state index in [1.165, 1.54) is 12.8 Å². The van der Waals surface area contributed by atoms with Crippen LogP contribution >= 0.6 is 0 Å². The Morgan fingerprint density at radius 3 is 2.62 bits per heavy atom. The van der Waals surface area contributed by atoms with Gasteiger partial charge in [-0.25, -0.2) is 0 Å². The molecule has 0 bridgehead atoms. The third-order valence-electron chi connectivity index (χ3n) is 3.01. The Morgan fingerprint density at radius 1 is 1.44 bits per heavy atom. The minimum absolute atomic E-state index is 0.00532. The number of hydrogen-bond acceptors (Lipinski definition) is 2. The van der Waals surface area contributed by atoms with Gasteiger partial charge in [0.2, 0.25) is 5.91 Å². The lowest BCUT2D eigenvalue weighted by molar-refractivity contribution is -0.141. The summed E-state index contributed by atoms with van der Waals surface area (Å²) in [4.78, 5) is 22.2. The van der Waals surface area contributed by atoms with Gasteiger partial charge in [0, 0.05) is 13.0 Å². The zero-order valence-electron chi connectivity index (χ0n) is 9.87. The second-order valence-corrected chi connectivity index (χ2v) is 4.61. The van der Waals surface area contributed by atoms with Gasteiger partial charge in [0.15, 0.2) is 0 Å². The van der Waals surface area contributed by atoms with Gasteiger partial charge in [0.1, 0.15) is 0 Å². The number of carboxylic acids is 1. The summed E-state index contributed by atoms with van der Waals surface area (Å²) < 4.78 is 0. The van der Waals surface area contributed by atoms with E-state index in [2.05, 4.69) is 5.32 Å². The van der Waals surface area contributed by atoms with Crippen LogP contribution in [0.15, 0.2) is 0 Å². The fourth-order valence-electron chi connectivity index (χ4n) is 1.73. The van der Waals surface area contributed by atoms with Gasteiger partial charge in [-0.05, 0) is 18.8 Å². The molecule has 92 valence electrons. The van der Waals surface area contributed by atoms with E-state index >= 15 is 0 Å². The molecule has 0 saturated heterocycles. The summed E-state index contributed by atoms with van der Waals surface area (Å²) in [7, 11) is 0. The molecule has 0 aromatic carbocycles. The van der Waals surface area contributed by atoms with Crippen LogP contribution in [0, 0.1) is 11.8 Å². The monoisotopic (exact) mass is 227 g/mol. The molecule has 1 aliphatic carbocycles. The van der Waals surface area contributed by atoms with Crippen molar-refractivity contribution in [3.8, 4) is 0 Å². The lowest BCUT2D eigenvalue weighted by Crippen LogP contribution is -2.32. The van der Waals surface area contributed by atoms with E-state index in [-0.39, 0.29) is 12.5 Å².